The highest BCUT2D eigenvalue weighted by atomic mass is 19.4. The van der Waals surface area contributed by atoms with Crippen molar-refractivity contribution in [3.8, 4) is 0 Å². The monoisotopic (exact) mass is 229 g/mol. The van der Waals surface area contributed by atoms with Crippen LogP contribution in [0.4, 0.5) is 13.2 Å². The second-order valence-corrected chi connectivity index (χ2v) is 4.28. The SMILES string of the molecule is CC(NC1CC1)c1ccc(C(F)(F)F)cc1. The molecule has 88 valence electrons. The van der Waals surface area contributed by atoms with Gasteiger partial charge in [-0.15, -0.1) is 0 Å². The molecule has 1 aliphatic carbocycles. The molecule has 1 fully saturated rings. The number of halogens is 3. The smallest absolute Gasteiger partial charge is 0.307 e. The summed E-state index contributed by atoms with van der Waals surface area (Å²) in [5.41, 5.74) is 0.315. The first-order valence-corrected chi connectivity index (χ1v) is 5.40. The number of alkyl halides is 3. The molecule has 2 rings (SSSR count). The Morgan fingerprint density at radius 1 is 1.19 bits per heavy atom. The van der Waals surface area contributed by atoms with Crippen LogP contribution in [-0.2, 0) is 6.18 Å². The Bertz CT molecular complexity index is 352. The maximum absolute atomic E-state index is 12.3. The number of nitrogens with one attached hydrogen (secondary N) is 1. The van der Waals surface area contributed by atoms with Crippen molar-refractivity contribution < 1.29 is 13.2 Å². The number of rotatable bonds is 3. The molecule has 1 N–H and O–H groups in total. The first-order valence-electron chi connectivity index (χ1n) is 5.40. The molecule has 1 aromatic rings. The predicted octanol–water partition coefficient (Wildman–Crippen LogP) is 3.52. The van der Waals surface area contributed by atoms with Gasteiger partial charge in [0, 0.05) is 12.1 Å². The summed E-state index contributed by atoms with van der Waals surface area (Å²) in [4.78, 5) is 0. The zero-order valence-electron chi connectivity index (χ0n) is 9.01. The fourth-order valence-corrected chi connectivity index (χ4v) is 1.66. The van der Waals surface area contributed by atoms with E-state index in [-0.39, 0.29) is 6.04 Å². The lowest BCUT2D eigenvalue weighted by Crippen LogP contribution is -2.20. The third kappa shape index (κ3) is 2.76. The van der Waals surface area contributed by atoms with Crippen molar-refractivity contribution in [1.29, 1.82) is 0 Å². The molecular formula is C12H14F3N. The minimum atomic E-state index is -4.24. The maximum Gasteiger partial charge on any atom is 0.416 e. The van der Waals surface area contributed by atoms with Crippen LogP contribution in [0.1, 0.15) is 36.9 Å². The fraction of sp³-hybridized carbons (Fsp3) is 0.500. The molecule has 0 bridgehead atoms. The van der Waals surface area contributed by atoms with Crippen LogP contribution in [0.15, 0.2) is 24.3 Å². The van der Waals surface area contributed by atoms with Crippen LogP contribution >= 0.6 is 0 Å². The van der Waals surface area contributed by atoms with Crippen LogP contribution < -0.4 is 5.32 Å². The predicted molar refractivity (Wildman–Crippen MR) is 56.0 cm³/mol. The zero-order valence-corrected chi connectivity index (χ0v) is 9.01. The molecule has 1 nitrogen and oxygen atoms in total. The zero-order chi connectivity index (χ0) is 11.8. The second-order valence-electron chi connectivity index (χ2n) is 4.28. The Kier molecular flexibility index (Phi) is 2.93. The summed E-state index contributed by atoms with van der Waals surface area (Å²) in [5.74, 6) is 0. The molecule has 1 atom stereocenters. The molecule has 1 aliphatic rings. The molecule has 1 saturated carbocycles. The normalized spacial score (nSPS) is 18.5. The topological polar surface area (TPSA) is 12.0 Å². The van der Waals surface area contributed by atoms with Crippen molar-refractivity contribution in [2.24, 2.45) is 0 Å². The van der Waals surface area contributed by atoms with Gasteiger partial charge in [-0.2, -0.15) is 13.2 Å². The lowest BCUT2D eigenvalue weighted by Gasteiger charge is -2.14. The van der Waals surface area contributed by atoms with Gasteiger partial charge in [0.2, 0.25) is 0 Å². The third-order valence-electron chi connectivity index (χ3n) is 2.80. The van der Waals surface area contributed by atoms with E-state index < -0.39 is 11.7 Å². The fourth-order valence-electron chi connectivity index (χ4n) is 1.66. The molecule has 1 unspecified atom stereocenters. The molecule has 0 radical (unpaired) electrons. The Morgan fingerprint density at radius 2 is 1.75 bits per heavy atom. The molecule has 16 heavy (non-hydrogen) atoms. The van der Waals surface area contributed by atoms with E-state index in [0.717, 1.165) is 17.7 Å². The van der Waals surface area contributed by atoms with Crippen molar-refractivity contribution in [3.05, 3.63) is 35.4 Å². The highest BCUT2D eigenvalue weighted by Gasteiger charge is 2.30. The number of hydrogen-bond donors (Lipinski definition) is 1. The molecular weight excluding hydrogens is 215 g/mol. The molecule has 0 aromatic heterocycles. The summed E-state index contributed by atoms with van der Waals surface area (Å²) >= 11 is 0. The van der Waals surface area contributed by atoms with Gasteiger partial charge in [0.15, 0.2) is 0 Å². The lowest BCUT2D eigenvalue weighted by molar-refractivity contribution is -0.137. The van der Waals surface area contributed by atoms with Gasteiger partial charge in [0.25, 0.3) is 0 Å². The maximum atomic E-state index is 12.3. The van der Waals surface area contributed by atoms with Gasteiger partial charge in [0.05, 0.1) is 5.56 Å². The van der Waals surface area contributed by atoms with Crippen molar-refractivity contribution in [3.63, 3.8) is 0 Å². The van der Waals surface area contributed by atoms with E-state index in [1.165, 1.54) is 12.8 Å². The summed E-state index contributed by atoms with van der Waals surface area (Å²) in [7, 11) is 0. The minimum Gasteiger partial charge on any atom is -0.307 e. The molecule has 0 amide bonds. The van der Waals surface area contributed by atoms with Gasteiger partial charge in [-0.1, -0.05) is 12.1 Å². The first kappa shape index (κ1) is 11.5. The van der Waals surface area contributed by atoms with Crippen LogP contribution in [0.2, 0.25) is 0 Å². The lowest BCUT2D eigenvalue weighted by atomic mass is 10.1. The highest BCUT2D eigenvalue weighted by Crippen LogP contribution is 2.30. The average Bonchev–Trinajstić information content (AvgIpc) is 3.00. The Labute approximate surface area is 92.7 Å². The quantitative estimate of drug-likeness (QED) is 0.836. The summed E-state index contributed by atoms with van der Waals surface area (Å²) in [6, 6.07) is 6.04. The molecule has 0 saturated heterocycles. The van der Waals surface area contributed by atoms with Crippen LogP contribution in [0.3, 0.4) is 0 Å². The van der Waals surface area contributed by atoms with E-state index in [1.54, 1.807) is 12.1 Å². The van der Waals surface area contributed by atoms with Crippen LogP contribution in [-0.4, -0.2) is 6.04 Å². The first-order chi connectivity index (χ1) is 7.47. The van der Waals surface area contributed by atoms with E-state index in [4.69, 9.17) is 0 Å². The molecule has 0 heterocycles. The van der Waals surface area contributed by atoms with Crippen molar-refractivity contribution in [2.45, 2.75) is 38.0 Å². The minimum absolute atomic E-state index is 0.120. The van der Waals surface area contributed by atoms with Crippen molar-refractivity contribution >= 4 is 0 Å². The Hall–Kier alpha value is -1.03. The Morgan fingerprint density at radius 3 is 2.19 bits per heavy atom. The Balaban J connectivity index is 2.05. The van der Waals surface area contributed by atoms with Gasteiger partial charge in [-0.3, -0.25) is 0 Å². The highest BCUT2D eigenvalue weighted by molar-refractivity contribution is 5.26. The summed E-state index contributed by atoms with van der Waals surface area (Å²) in [6.07, 6.45) is -1.90. The van der Waals surface area contributed by atoms with Gasteiger partial charge < -0.3 is 5.32 Å². The average molecular weight is 229 g/mol. The summed E-state index contributed by atoms with van der Waals surface area (Å²) < 4.78 is 37.0. The van der Waals surface area contributed by atoms with Gasteiger partial charge in [0.1, 0.15) is 0 Å². The molecule has 0 spiro atoms. The van der Waals surface area contributed by atoms with Crippen LogP contribution in [0, 0.1) is 0 Å². The van der Waals surface area contributed by atoms with E-state index in [9.17, 15) is 13.2 Å². The van der Waals surface area contributed by atoms with Gasteiger partial charge in [-0.25, -0.2) is 0 Å². The third-order valence-corrected chi connectivity index (χ3v) is 2.80. The van der Waals surface area contributed by atoms with Crippen molar-refractivity contribution in [1.82, 2.24) is 5.32 Å². The number of benzene rings is 1. The summed E-state index contributed by atoms with van der Waals surface area (Å²) in [6.45, 7) is 1.97. The van der Waals surface area contributed by atoms with E-state index >= 15 is 0 Å². The molecule has 0 aliphatic heterocycles. The van der Waals surface area contributed by atoms with Crippen LogP contribution in [0.5, 0.6) is 0 Å². The largest absolute Gasteiger partial charge is 0.416 e. The standard InChI is InChI=1S/C12H14F3N/c1-8(16-11-6-7-11)9-2-4-10(5-3-9)12(13,14)15/h2-5,8,11,16H,6-7H2,1H3. The second kappa shape index (κ2) is 4.09. The van der Waals surface area contributed by atoms with Crippen LogP contribution in [0.25, 0.3) is 0 Å². The summed E-state index contributed by atoms with van der Waals surface area (Å²) in [5, 5.41) is 3.35. The van der Waals surface area contributed by atoms with E-state index in [2.05, 4.69) is 5.32 Å². The number of hydrogen-bond acceptors (Lipinski definition) is 1. The van der Waals surface area contributed by atoms with Crippen molar-refractivity contribution in [2.75, 3.05) is 0 Å². The van der Waals surface area contributed by atoms with Gasteiger partial charge in [-0.05, 0) is 37.5 Å². The molecule has 4 heteroatoms. The van der Waals surface area contributed by atoms with E-state index in [0.29, 0.717) is 6.04 Å². The van der Waals surface area contributed by atoms with Gasteiger partial charge >= 0.3 is 6.18 Å². The van der Waals surface area contributed by atoms with E-state index in [1.807, 2.05) is 6.92 Å². The molecule has 1 aromatic carbocycles.